The molecule has 0 radical (unpaired) electrons. The van der Waals surface area contributed by atoms with E-state index < -0.39 is 41.7 Å². The summed E-state index contributed by atoms with van der Waals surface area (Å²) in [5.41, 5.74) is -5.18. The lowest BCUT2D eigenvalue weighted by atomic mass is 9.75. The molecule has 0 aliphatic heterocycles. The van der Waals surface area contributed by atoms with Gasteiger partial charge in [-0.1, -0.05) is 13.8 Å². The summed E-state index contributed by atoms with van der Waals surface area (Å²) in [7, 11) is 0. The van der Waals surface area contributed by atoms with E-state index in [1.807, 2.05) is 0 Å². The molecule has 0 saturated carbocycles. The van der Waals surface area contributed by atoms with Gasteiger partial charge in [-0.2, -0.15) is 26.3 Å². The Labute approximate surface area is 109 Å². The van der Waals surface area contributed by atoms with Crippen LogP contribution in [0.4, 0.5) is 26.3 Å². The van der Waals surface area contributed by atoms with E-state index in [2.05, 4.69) is 4.74 Å². The molecule has 0 aliphatic carbocycles. The zero-order valence-electron chi connectivity index (χ0n) is 10.6. The smallest absolute Gasteiger partial charge is 0.417 e. The molecule has 1 atom stereocenters. The number of alkyl halides is 6. The highest BCUT2D eigenvalue weighted by Gasteiger charge is 2.81. The van der Waals surface area contributed by atoms with Gasteiger partial charge in [0.2, 0.25) is 0 Å². The van der Waals surface area contributed by atoms with E-state index in [1.54, 1.807) is 0 Å². The lowest BCUT2D eigenvalue weighted by Crippen LogP contribution is -2.64. The van der Waals surface area contributed by atoms with Crippen molar-refractivity contribution in [1.82, 2.24) is 0 Å². The molecule has 4 nitrogen and oxygen atoms in total. The molecule has 10 heteroatoms. The van der Waals surface area contributed by atoms with E-state index in [9.17, 15) is 35.9 Å². The molecular weight excluding hydrogens is 298 g/mol. The molecule has 0 aromatic carbocycles. The summed E-state index contributed by atoms with van der Waals surface area (Å²) in [6.45, 7) is 2.38. The predicted octanol–water partition coefficient (Wildman–Crippen LogP) is 2.77. The molecular formula is C10H12F6O4. The quantitative estimate of drug-likeness (QED) is 0.640. The number of carbonyl (C=O) groups is 2. The van der Waals surface area contributed by atoms with Crippen LogP contribution in [0.2, 0.25) is 0 Å². The molecule has 0 bridgehead atoms. The highest BCUT2D eigenvalue weighted by Crippen LogP contribution is 2.55. The highest BCUT2D eigenvalue weighted by molar-refractivity contribution is 5.78. The van der Waals surface area contributed by atoms with Gasteiger partial charge in [0.25, 0.3) is 5.41 Å². The summed E-state index contributed by atoms with van der Waals surface area (Å²) in [5, 5.41) is 8.60. The number of halogens is 6. The van der Waals surface area contributed by atoms with Gasteiger partial charge in [-0.15, -0.1) is 0 Å². The van der Waals surface area contributed by atoms with Crippen molar-refractivity contribution in [2.45, 2.75) is 39.2 Å². The van der Waals surface area contributed by atoms with E-state index >= 15 is 0 Å². The fraction of sp³-hybridized carbons (Fsp3) is 0.800. The number of hydrogen-bond donors (Lipinski definition) is 1. The zero-order valence-corrected chi connectivity index (χ0v) is 10.6. The standard InChI is InChI=1S/C10H12F6O4/c1-4(2)6(20-5(3)17)8(7(18)19,9(11,12)13)10(14,15)16/h4,6H,1-3H3,(H,18,19). The third-order valence-corrected chi connectivity index (χ3v) is 2.56. The minimum atomic E-state index is -6.19. The van der Waals surface area contributed by atoms with E-state index in [1.165, 1.54) is 0 Å². The Morgan fingerprint density at radius 2 is 1.35 bits per heavy atom. The Morgan fingerprint density at radius 3 is 1.50 bits per heavy atom. The van der Waals surface area contributed by atoms with Crippen LogP contribution in [-0.2, 0) is 14.3 Å². The monoisotopic (exact) mass is 310 g/mol. The average Bonchev–Trinajstić information content (AvgIpc) is 2.10. The van der Waals surface area contributed by atoms with Crippen LogP contribution in [0, 0.1) is 11.3 Å². The normalized spacial score (nSPS) is 15.1. The molecule has 0 rings (SSSR count). The second-order valence-electron chi connectivity index (χ2n) is 4.38. The molecule has 0 heterocycles. The highest BCUT2D eigenvalue weighted by atomic mass is 19.4. The molecule has 118 valence electrons. The van der Waals surface area contributed by atoms with Crippen molar-refractivity contribution in [1.29, 1.82) is 0 Å². The molecule has 0 amide bonds. The number of carboxylic acids is 1. The first-order valence-electron chi connectivity index (χ1n) is 5.23. The summed E-state index contributed by atoms with van der Waals surface area (Å²) in [6, 6.07) is 0. The van der Waals surface area contributed by atoms with Gasteiger partial charge in [-0.05, 0) is 5.92 Å². The number of aliphatic carboxylic acids is 1. The molecule has 0 aliphatic rings. The van der Waals surface area contributed by atoms with Crippen LogP contribution >= 0.6 is 0 Å². The van der Waals surface area contributed by atoms with Gasteiger partial charge in [0.05, 0.1) is 0 Å². The van der Waals surface area contributed by atoms with Crippen molar-refractivity contribution in [3.8, 4) is 0 Å². The summed E-state index contributed by atoms with van der Waals surface area (Å²) in [6.07, 6.45) is -15.3. The van der Waals surface area contributed by atoms with Gasteiger partial charge in [0, 0.05) is 6.92 Å². The lowest BCUT2D eigenvalue weighted by Gasteiger charge is -2.40. The largest absolute Gasteiger partial charge is 0.480 e. The fourth-order valence-corrected chi connectivity index (χ4v) is 1.75. The third-order valence-electron chi connectivity index (χ3n) is 2.56. The summed E-state index contributed by atoms with van der Waals surface area (Å²) < 4.78 is 81.4. The number of carboxylic acid groups (broad SMARTS) is 1. The van der Waals surface area contributed by atoms with Crippen LogP contribution in [0.3, 0.4) is 0 Å². The minimum absolute atomic E-state index is 0.592. The number of rotatable bonds is 4. The summed E-state index contributed by atoms with van der Waals surface area (Å²) in [4.78, 5) is 21.5. The van der Waals surface area contributed by atoms with Gasteiger partial charge in [-0.25, -0.2) is 0 Å². The van der Waals surface area contributed by atoms with Gasteiger partial charge < -0.3 is 9.84 Å². The predicted molar refractivity (Wildman–Crippen MR) is 52.6 cm³/mol. The maximum Gasteiger partial charge on any atom is 0.417 e. The molecule has 20 heavy (non-hydrogen) atoms. The van der Waals surface area contributed by atoms with Crippen LogP contribution in [-0.4, -0.2) is 35.5 Å². The van der Waals surface area contributed by atoms with Crippen LogP contribution in [0.5, 0.6) is 0 Å². The molecule has 0 saturated heterocycles. The van der Waals surface area contributed by atoms with Crippen LogP contribution in [0.15, 0.2) is 0 Å². The van der Waals surface area contributed by atoms with Crippen LogP contribution < -0.4 is 0 Å². The topological polar surface area (TPSA) is 63.6 Å². The first kappa shape index (κ1) is 18.5. The van der Waals surface area contributed by atoms with Gasteiger partial charge in [-0.3, -0.25) is 9.59 Å². The molecule has 1 unspecified atom stereocenters. The van der Waals surface area contributed by atoms with Crippen molar-refractivity contribution in [3.63, 3.8) is 0 Å². The Balaban J connectivity index is 6.35. The lowest BCUT2D eigenvalue weighted by molar-refractivity contribution is -0.357. The van der Waals surface area contributed by atoms with Crippen molar-refractivity contribution in [3.05, 3.63) is 0 Å². The number of hydrogen-bond acceptors (Lipinski definition) is 3. The first-order chi connectivity index (χ1) is 8.69. The van der Waals surface area contributed by atoms with E-state index in [0.29, 0.717) is 6.92 Å². The van der Waals surface area contributed by atoms with Crippen molar-refractivity contribution in [2.75, 3.05) is 0 Å². The van der Waals surface area contributed by atoms with Crippen molar-refractivity contribution >= 4 is 11.9 Å². The molecule has 1 N–H and O–H groups in total. The fourth-order valence-electron chi connectivity index (χ4n) is 1.75. The van der Waals surface area contributed by atoms with Gasteiger partial charge in [0.1, 0.15) is 6.10 Å². The third kappa shape index (κ3) is 2.98. The molecule has 0 fully saturated rings. The Morgan fingerprint density at radius 1 is 1.00 bits per heavy atom. The Hall–Kier alpha value is -1.48. The van der Waals surface area contributed by atoms with E-state index in [0.717, 1.165) is 13.8 Å². The van der Waals surface area contributed by atoms with Gasteiger partial charge >= 0.3 is 24.3 Å². The summed E-state index contributed by atoms with van der Waals surface area (Å²) in [5.74, 6) is -6.14. The van der Waals surface area contributed by atoms with Gasteiger partial charge in [0.15, 0.2) is 0 Å². The minimum Gasteiger partial charge on any atom is -0.480 e. The second kappa shape index (κ2) is 5.49. The number of ether oxygens (including phenoxy) is 1. The molecule has 0 spiro atoms. The Kier molecular flexibility index (Phi) is 5.08. The zero-order chi connectivity index (χ0) is 16.5. The van der Waals surface area contributed by atoms with Crippen molar-refractivity contribution in [2.24, 2.45) is 11.3 Å². The Bertz CT molecular complexity index is 370. The maximum absolute atomic E-state index is 12.9. The number of esters is 1. The first-order valence-corrected chi connectivity index (χ1v) is 5.23. The molecule has 0 aromatic rings. The number of carbonyl (C=O) groups excluding carboxylic acids is 1. The molecule has 0 aromatic heterocycles. The summed E-state index contributed by atoms with van der Waals surface area (Å²) >= 11 is 0. The van der Waals surface area contributed by atoms with Crippen molar-refractivity contribution < 1.29 is 45.8 Å². The average molecular weight is 310 g/mol. The second-order valence-corrected chi connectivity index (χ2v) is 4.38. The maximum atomic E-state index is 12.9. The van der Waals surface area contributed by atoms with E-state index in [-0.39, 0.29) is 0 Å². The van der Waals surface area contributed by atoms with Crippen LogP contribution in [0.25, 0.3) is 0 Å². The van der Waals surface area contributed by atoms with E-state index in [4.69, 9.17) is 5.11 Å². The van der Waals surface area contributed by atoms with Crippen LogP contribution in [0.1, 0.15) is 20.8 Å². The SMILES string of the molecule is CC(=O)OC(C(C)C)C(C(=O)O)(C(F)(F)F)C(F)(F)F.